The molecule has 1 aromatic heterocycles. The Morgan fingerprint density at radius 3 is 2.00 bits per heavy atom. The Labute approximate surface area is 172 Å². The first-order chi connectivity index (χ1) is 14.1. The monoisotopic (exact) mass is 403 g/mol. The summed E-state index contributed by atoms with van der Waals surface area (Å²) in [6.45, 7) is -0.0511. The third kappa shape index (κ3) is 4.11. The van der Waals surface area contributed by atoms with Gasteiger partial charge in [0.05, 0.1) is 6.54 Å². The minimum Gasteiger partial charge on any atom is -0.386 e. The van der Waals surface area contributed by atoms with Gasteiger partial charge in [0.2, 0.25) is 0 Å². The van der Waals surface area contributed by atoms with Crippen molar-refractivity contribution in [3.8, 4) is 22.5 Å². The smallest absolute Gasteiger partial charge is 0.364 e. The molecule has 3 aromatic carbocycles. The first-order valence-corrected chi connectivity index (χ1v) is 9.54. The highest BCUT2D eigenvalue weighted by Crippen LogP contribution is 2.28. The molecule has 144 valence electrons. The van der Waals surface area contributed by atoms with E-state index in [1.165, 1.54) is 4.68 Å². The number of aliphatic hydroxyl groups excluding tert-OH is 1. The van der Waals surface area contributed by atoms with Crippen LogP contribution in [0.5, 0.6) is 0 Å². The first-order valence-electron chi connectivity index (χ1n) is 9.16. The lowest BCUT2D eigenvalue weighted by Gasteiger charge is -2.15. The molecule has 0 aliphatic rings. The second kappa shape index (κ2) is 8.39. The van der Waals surface area contributed by atoms with Crippen molar-refractivity contribution in [2.75, 3.05) is 0 Å². The minimum atomic E-state index is -0.984. The molecule has 0 saturated carbocycles. The van der Waals surface area contributed by atoms with Crippen molar-refractivity contribution in [2.24, 2.45) is 0 Å². The van der Waals surface area contributed by atoms with Crippen molar-refractivity contribution in [2.45, 2.75) is 12.6 Å². The molecule has 0 aliphatic heterocycles. The van der Waals surface area contributed by atoms with Gasteiger partial charge in [-0.15, -0.1) is 0 Å². The molecule has 0 saturated heterocycles. The van der Waals surface area contributed by atoms with Gasteiger partial charge in [-0.2, -0.15) is 10.1 Å². The van der Waals surface area contributed by atoms with Crippen molar-refractivity contribution < 1.29 is 5.11 Å². The predicted molar refractivity (Wildman–Crippen MR) is 114 cm³/mol. The first kappa shape index (κ1) is 19.1. The Hall–Kier alpha value is -3.28. The van der Waals surface area contributed by atoms with E-state index in [1.54, 1.807) is 24.3 Å². The number of nitrogens with zero attached hydrogens (tertiary/aromatic N) is 3. The summed E-state index contributed by atoms with van der Waals surface area (Å²) < 4.78 is 1.18. The molecule has 0 unspecified atom stereocenters. The highest BCUT2D eigenvalue weighted by atomic mass is 35.5. The molecule has 1 atom stereocenters. The predicted octanol–water partition coefficient (Wildman–Crippen LogP) is 4.36. The van der Waals surface area contributed by atoms with E-state index in [0.29, 0.717) is 22.0 Å². The average molecular weight is 404 g/mol. The van der Waals surface area contributed by atoms with E-state index in [4.69, 9.17) is 11.6 Å². The zero-order valence-electron chi connectivity index (χ0n) is 15.4. The van der Waals surface area contributed by atoms with Crippen LogP contribution in [0.3, 0.4) is 0 Å². The molecule has 0 bridgehead atoms. The Kier molecular flexibility index (Phi) is 5.51. The molecule has 6 heteroatoms. The summed E-state index contributed by atoms with van der Waals surface area (Å²) in [6.07, 6.45) is -0.984. The zero-order chi connectivity index (χ0) is 20.2. The van der Waals surface area contributed by atoms with Gasteiger partial charge in [0, 0.05) is 21.7 Å². The van der Waals surface area contributed by atoms with Gasteiger partial charge in [-0.05, 0) is 6.07 Å². The van der Waals surface area contributed by atoms with Crippen molar-refractivity contribution in [3.05, 3.63) is 106 Å². The van der Waals surface area contributed by atoms with Crippen LogP contribution >= 0.6 is 11.6 Å². The van der Waals surface area contributed by atoms with Gasteiger partial charge >= 0.3 is 5.69 Å². The Bertz CT molecular complexity index is 1180. The van der Waals surface area contributed by atoms with Crippen LogP contribution in [0.2, 0.25) is 5.02 Å². The summed E-state index contributed by atoms with van der Waals surface area (Å²) in [7, 11) is 0. The van der Waals surface area contributed by atoms with Crippen LogP contribution in [-0.2, 0) is 6.54 Å². The maximum atomic E-state index is 12.7. The minimum absolute atomic E-state index is 0.0511. The second-order valence-electron chi connectivity index (χ2n) is 6.54. The quantitative estimate of drug-likeness (QED) is 0.537. The molecule has 0 aliphatic carbocycles. The molecule has 1 N–H and O–H groups in total. The van der Waals surface area contributed by atoms with Gasteiger partial charge in [-0.1, -0.05) is 90.5 Å². The van der Waals surface area contributed by atoms with Gasteiger partial charge in [0.25, 0.3) is 0 Å². The number of aromatic nitrogens is 3. The Balaban J connectivity index is 1.80. The summed E-state index contributed by atoms with van der Waals surface area (Å²) in [5.41, 5.74) is 2.72. The third-order valence-corrected chi connectivity index (χ3v) is 4.92. The van der Waals surface area contributed by atoms with Crippen molar-refractivity contribution in [3.63, 3.8) is 0 Å². The molecule has 4 rings (SSSR count). The molecular formula is C23H18ClN3O2. The van der Waals surface area contributed by atoms with Crippen molar-refractivity contribution in [1.29, 1.82) is 0 Å². The second-order valence-corrected chi connectivity index (χ2v) is 6.95. The van der Waals surface area contributed by atoms with E-state index in [0.717, 1.165) is 11.1 Å². The summed E-state index contributed by atoms with van der Waals surface area (Å²) >= 11 is 6.17. The number of hydrogen-bond donors (Lipinski definition) is 1. The lowest BCUT2D eigenvalue weighted by Crippen LogP contribution is -2.29. The lowest BCUT2D eigenvalue weighted by molar-refractivity contribution is 0.149. The highest BCUT2D eigenvalue weighted by molar-refractivity contribution is 6.31. The van der Waals surface area contributed by atoms with Crippen molar-refractivity contribution in [1.82, 2.24) is 14.8 Å². The summed E-state index contributed by atoms with van der Waals surface area (Å²) in [5, 5.41) is 15.6. The van der Waals surface area contributed by atoms with E-state index in [2.05, 4.69) is 10.1 Å². The van der Waals surface area contributed by atoms with E-state index in [9.17, 15) is 9.90 Å². The number of aliphatic hydroxyl groups is 1. The van der Waals surface area contributed by atoms with Crippen LogP contribution in [0.25, 0.3) is 22.5 Å². The molecule has 4 aromatic rings. The molecule has 5 nitrogen and oxygen atoms in total. The molecular weight excluding hydrogens is 386 g/mol. The maximum Gasteiger partial charge on any atom is 0.364 e. The standard InChI is InChI=1S/C23H18ClN3O2/c24-19-14-8-7-13-18(19)20(28)15-27-23(29)25-21(16-9-3-1-4-10-16)22(26-27)17-11-5-2-6-12-17/h1-14,20,28H,15H2/t20-/m0/s1. The zero-order valence-corrected chi connectivity index (χ0v) is 16.2. The highest BCUT2D eigenvalue weighted by Gasteiger charge is 2.18. The van der Waals surface area contributed by atoms with Crippen LogP contribution < -0.4 is 5.69 Å². The van der Waals surface area contributed by atoms with E-state index in [-0.39, 0.29) is 6.54 Å². The van der Waals surface area contributed by atoms with Gasteiger partial charge in [0.15, 0.2) is 0 Å². The summed E-state index contributed by atoms with van der Waals surface area (Å²) in [6, 6.07) is 26.0. The average Bonchev–Trinajstić information content (AvgIpc) is 2.76. The fraction of sp³-hybridized carbons (Fsp3) is 0.0870. The van der Waals surface area contributed by atoms with E-state index >= 15 is 0 Å². The molecule has 0 amide bonds. The fourth-order valence-corrected chi connectivity index (χ4v) is 3.39. The van der Waals surface area contributed by atoms with Crippen LogP contribution in [0.1, 0.15) is 11.7 Å². The van der Waals surface area contributed by atoms with Gasteiger partial charge in [0.1, 0.15) is 17.5 Å². The Morgan fingerprint density at radius 1 is 0.828 bits per heavy atom. The van der Waals surface area contributed by atoms with Crippen LogP contribution in [0.15, 0.2) is 89.7 Å². The number of rotatable bonds is 5. The molecule has 1 heterocycles. The normalized spacial score (nSPS) is 11.9. The fourth-order valence-electron chi connectivity index (χ4n) is 3.13. The number of hydrogen-bond acceptors (Lipinski definition) is 4. The third-order valence-electron chi connectivity index (χ3n) is 4.58. The number of halogens is 1. The van der Waals surface area contributed by atoms with Crippen LogP contribution in [0, 0.1) is 0 Å². The molecule has 0 radical (unpaired) electrons. The molecule has 0 spiro atoms. The Morgan fingerprint density at radius 2 is 1.38 bits per heavy atom. The molecule has 29 heavy (non-hydrogen) atoms. The maximum absolute atomic E-state index is 12.7. The van der Waals surface area contributed by atoms with E-state index in [1.807, 2.05) is 60.7 Å². The van der Waals surface area contributed by atoms with Crippen LogP contribution in [-0.4, -0.2) is 19.9 Å². The summed E-state index contributed by atoms with van der Waals surface area (Å²) in [4.78, 5) is 17.0. The topological polar surface area (TPSA) is 68.0 Å². The van der Waals surface area contributed by atoms with Crippen molar-refractivity contribution >= 4 is 11.6 Å². The summed E-state index contributed by atoms with van der Waals surface area (Å²) in [5.74, 6) is 0. The molecule has 0 fully saturated rings. The van der Waals surface area contributed by atoms with Gasteiger partial charge < -0.3 is 5.11 Å². The van der Waals surface area contributed by atoms with Gasteiger partial charge in [-0.25, -0.2) is 9.48 Å². The van der Waals surface area contributed by atoms with E-state index < -0.39 is 11.8 Å². The van der Waals surface area contributed by atoms with Crippen LogP contribution in [0.4, 0.5) is 0 Å². The largest absolute Gasteiger partial charge is 0.386 e. The lowest BCUT2D eigenvalue weighted by atomic mass is 10.0. The van der Waals surface area contributed by atoms with Gasteiger partial charge in [-0.3, -0.25) is 0 Å². The SMILES string of the molecule is O=c1nc(-c2ccccc2)c(-c2ccccc2)nn1C[C@H](O)c1ccccc1Cl. The number of benzene rings is 3.